The Kier molecular flexibility index (Phi) is 2.80. The normalized spacial score (nSPS) is 12.6. The monoisotopic (exact) mass is 186 g/mol. The molecule has 0 aromatic heterocycles. The average Bonchev–Trinajstić information content (AvgIpc) is 2.04. The maximum absolute atomic E-state index is 10.5. The topological polar surface area (TPSA) is 66.6 Å². The second-order valence-corrected chi connectivity index (χ2v) is 3.25. The molecule has 1 atom stereocenters. The number of hydrogen-bond acceptors (Lipinski definition) is 2. The van der Waals surface area contributed by atoms with Gasteiger partial charge in [-0.1, -0.05) is 17.7 Å². The maximum atomic E-state index is 10.5. The Morgan fingerprint density at radius 3 is 2.33 bits per heavy atom. The lowest BCUT2D eigenvalue weighted by Crippen LogP contribution is -2.32. The fraction of sp³-hybridized carbons (Fsp3) is 0.143. The highest BCUT2D eigenvalue weighted by Gasteiger charge is 2.04. The molecule has 0 bridgehead atoms. The van der Waals surface area contributed by atoms with Crippen molar-refractivity contribution in [3.05, 3.63) is 29.8 Å². The summed E-state index contributed by atoms with van der Waals surface area (Å²) in [5.41, 5.74) is 1.59. The van der Waals surface area contributed by atoms with Crippen LogP contribution in [0.2, 0.25) is 0 Å². The highest BCUT2D eigenvalue weighted by molar-refractivity contribution is 7.80. The van der Waals surface area contributed by atoms with E-state index in [2.05, 4.69) is 0 Å². The molecule has 0 radical (unpaired) electrons. The lowest BCUT2D eigenvalue weighted by molar-refractivity contribution is 0.560. The minimum atomic E-state index is -2.16. The predicted molar refractivity (Wildman–Crippen MR) is 48.6 cm³/mol. The maximum Gasteiger partial charge on any atom is 0.276 e. The first-order valence-corrected chi connectivity index (χ1v) is 4.40. The van der Waals surface area contributed by atoms with Crippen LogP contribution in [0.3, 0.4) is 0 Å². The number of anilines is 1. The van der Waals surface area contributed by atoms with Gasteiger partial charge in [0.15, 0.2) is 0 Å². The summed E-state index contributed by atoms with van der Waals surface area (Å²) in [5, 5.41) is 0. The molecule has 0 fully saturated rings. The van der Waals surface area contributed by atoms with Crippen LogP contribution in [0.1, 0.15) is 5.56 Å². The SMILES string of the molecule is Cc1ccc(N(N)S(=O)O)cc1. The third-order valence-corrected chi connectivity index (χ3v) is 2.00. The minimum Gasteiger partial charge on any atom is -0.288 e. The number of hydrogen-bond donors (Lipinski definition) is 2. The van der Waals surface area contributed by atoms with Gasteiger partial charge in [-0.3, -0.25) is 4.55 Å². The van der Waals surface area contributed by atoms with Crippen molar-refractivity contribution in [3.63, 3.8) is 0 Å². The van der Waals surface area contributed by atoms with E-state index < -0.39 is 11.3 Å². The number of benzene rings is 1. The molecule has 0 amide bonds. The van der Waals surface area contributed by atoms with Gasteiger partial charge in [0.05, 0.1) is 5.69 Å². The fourth-order valence-electron chi connectivity index (χ4n) is 0.782. The smallest absolute Gasteiger partial charge is 0.276 e. The highest BCUT2D eigenvalue weighted by Crippen LogP contribution is 2.12. The second-order valence-electron chi connectivity index (χ2n) is 2.39. The van der Waals surface area contributed by atoms with Crippen molar-refractivity contribution in [3.8, 4) is 0 Å². The summed E-state index contributed by atoms with van der Waals surface area (Å²) in [7, 11) is 0. The molecule has 0 aliphatic heterocycles. The summed E-state index contributed by atoms with van der Waals surface area (Å²) in [6.07, 6.45) is 0. The largest absolute Gasteiger partial charge is 0.288 e. The van der Waals surface area contributed by atoms with E-state index in [0.717, 1.165) is 9.98 Å². The van der Waals surface area contributed by atoms with Crippen LogP contribution in [0.5, 0.6) is 0 Å². The Morgan fingerprint density at radius 2 is 1.92 bits per heavy atom. The molecule has 0 heterocycles. The van der Waals surface area contributed by atoms with Crippen LogP contribution in [-0.4, -0.2) is 8.76 Å². The van der Waals surface area contributed by atoms with Gasteiger partial charge in [0.1, 0.15) is 0 Å². The van der Waals surface area contributed by atoms with Crippen molar-refractivity contribution in [1.82, 2.24) is 0 Å². The molecular weight excluding hydrogens is 176 g/mol. The summed E-state index contributed by atoms with van der Waals surface area (Å²) in [6, 6.07) is 7.01. The van der Waals surface area contributed by atoms with Crippen LogP contribution in [-0.2, 0) is 11.3 Å². The molecule has 0 saturated carbocycles. The molecule has 0 saturated heterocycles. The lowest BCUT2D eigenvalue weighted by Gasteiger charge is -2.12. The van der Waals surface area contributed by atoms with Crippen molar-refractivity contribution >= 4 is 17.0 Å². The van der Waals surface area contributed by atoms with E-state index in [0.29, 0.717) is 5.69 Å². The van der Waals surface area contributed by atoms with Gasteiger partial charge >= 0.3 is 0 Å². The van der Waals surface area contributed by atoms with Crippen LogP contribution in [0.4, 0.5) is 5.69 Å². The van der Waals surface area contributed by atoms with E-state index >= 15 is 0 Å². The summed E-state index contributed by atoms with van der Waals surface area (Å²) < 4.78 is 19.9. The standard InChI is InChI=1S/C7H10N2O2S/c1-6-2-4-7(5-3-6)9(8)12(10)11/h2-5H,8H2,1H3,(H,10,11). The lowest BCUT2D eigenvalue weighted by atomic mass is 10.2. The van der Waals surface area contributed by atoms with Gasteiger partial charge in [-0.25, -0.2) is 14.5 Å². The molecule has 5 heteroatoms. The first-order valence-electron chi connectivity index (χ1n) is 3.33. The molecule has 66 valence electrons. The summed E-state index contributed by atoms with van der Waals surface area (Å²) >= 11 is -2.16. The molecule has 4 nitrogen and oxygen atoms in total. The molecule has 0 spiro atoms. The molecule has 0 aliphatic carbocycles. The predicted octanol–water partition coefficient (Wildman–Crippen LogP) is 0.812. The molecule has 12 heavy (non-hydrogen) atoms. The summed E-state index contributed by atoms with van der Waals surface area (Å²) in [4.78, 5) is 0. The number of aryl methyl sites for hydroxylation is 1. The van der Waals surface area contributed by atoms with E-state index in [1.54, 1.807) is 12.1 Å². The van der Waals surface area contributed by atoms with Gasteiger partial charge in [0.25, 0.3) is 11.3 Å². The Labute approximate surface area is 73.4 Å². The molecular formula is C7H10N2O2S. The summed E-state index contributed by atoms with van der Waals surface area (Å²) in [5.74, 6) is 5.27. The Balaban J connectivity index is 2.89. The Hall–Kier alpha value is -0.910. The van der Waals surface area contributed by atoms with Crippen LogP contribution < -0.4 is 10.3 Å². The van der Waals surface area contributed by atoms with Crippen molar-refractivity contribution < 1.29 is 8.76 Å². The van der Waals surface area contributed by atoms with Gasteiger partial charge in [-0.05, 0) is 19.1 Å². The zero-order chi connectivity index (χ0) is 9.14. The second kappa shape index (κ2) is 3.66. The zero-order valence-corrected chi connectivity index (χ0v) is 7.41. The van der Waals surface area contributed by atoms with Crippen molar-refractivity contribution in [2.75, 3.05) is 4.41 Å². The van der Waals surface area contributed by atoms with E-state index in [1.165, 1.54) is 0 Å². The minimum absolute atomic E-state index is 0.515. The third-order valence-electron chi connectivity index (χ3n) is 1.46. The van der Waals surface area contributed by atoms with Gasteiger partial charge in [0.2, 0.25) is 0 Å². The van der Waals surface area contributed by atoms with E-state index in [-0.39, 0.29) is 0 Å². The number of nitrogens with zero attached hydrogens (tertiary/aromatic N) is 1. The molecule has 1 aromatic carbocycles. The summed E-state index contributed by atoms with van der Waals surface area (Å²) in [6.45, 7) is 1.93. The van der Waals surface area contributed by atoms with Crippen LogP contribution in [0.25, 0.3) is 0 Å². The number of rotatable bonds is 2. The molecule has 1 unspecified atom stereocenters. The van der Waals surface area contributed by atoms with Gasteiger partial charge in [-0.15, -0.1) is 0 Å². The van der Waals surface area contributed by atoms with Crippen LogP contribution in [0, 0.1) is 6.92 Å². The molecule has 3 N–H and O–H groups in total. The molecule has 1 rings (SSSR count). The van der Waals surface area contributed by atoms with E-state index in [9.17, 15) is 4.21 Å². The van der Waals surface area contributed by atoms with E-state index in [4.69, 9.17) is 10.4 Å². The highest BCUT2D eigenvalue weighted by atomic mass is 32.2. The van der Waals surface area contributed by atoms with Crippen LogP contribution in [0.15, 0.2) is 24.3 Å². The molecule has 0 aliphatic rings. The third kappa shape index (κ3) is 2.04. The van der Waals surface area contributed by atoms with Crippen molar-refractivity contribution in [2.24, 2.45) is 5.84 Å². The van der Waals surface area contributed by atoms with Crippen molar-refractivity contribution in [1.29, 1.82) is 0 Å². The fourth-order valence-corrected chi connectivity index (χ4v) is 1.08. The Morgan fingerprint density at radius 1 is 1.42 bits per heavy atom. The average molecular weight is 186 g/mol. The first kappa shape index (κ1) is 9.18. The van der Waals surface area contributed by atoms with Crippen molar-refractivity contribution in [2.45, 2.75) is 6.92 Å². The number of hydrazine groups is 1. The number of nitrogens with two attached hydrogens (primary N) is 1. The Bertz CT molecular complexity index is 286. The van der Waals surface area contributed by atoms with E-state index in [1.807, 2.05) is 19.1 Å². The quantitative estimate of drug-likeness (QED) is 0.408. The molecule has 1 aromatic rings. The van der Waals surface area contributed by atoms with Gasteiger partial charge in [0, 0.05) is 0 Å². The first-order chi connectivity index (χ1) is 5.61. The van der Waals surface area contributed by atoms with Crippen LogP contribution >= 0.6 is 0 Å². The van der Waals surface area contributed by atoms with Gasteiger partial charge in [-0.2, -0.15) is 0 Å². The van der Waals surface area contributed by atoms with Gasteiger partial charge < -0.3 is 0 Å². The zero-order valence-electron chi connectivity index (χ0n) is 6.60.